The highest BCUT2D eigenvalue weighted by Gasteiger charge is 2.25. The van der Waals surface area contributed by atoms with E-state index in [-0.39, 0.29) is 11.4 Å². The molecule has 1 heterocycles. The summed E-state index contributed by atoms with van der Waals surface area (Å²) < 4.78 is 0. The number of rotatable bonds is 2. The molecule has 0 fully saturated rings. The molecule has 0 aliphatic carbocycles. The van der Waals surface area contributed by atoms with Gasteiger partial charge in [0.25, 0.3) is 5.91 Å². The predicted octanol–water partition coefficient (Wildman–Crippen LogP) is 1.60. The molecular formula is C12H15N3O4. The Morgan fingerprint density at radius 1 is 1.37 bits per heavy atom. The summed E-state index contributed by atoms with van der Waals surface area (Å²) in [6.07, 6.45) is 1.10. The molecule has 0 aromatic carbocycles. The Labute approximate surface area is 110 Å². The summed E-state index contributed by atoms with van der Waals surface area (Å²) in [6, 6.07) is 1.19. The minimum absolute atomic E-state index is 0.142. The molecule has 0 bridgehead atoms. The molecule has 1 aromatic heterocycles. The second kappa shape index (κ2) is 5.13. The van der Waals surface area contributed by atoms with Crippen LogP contribution in [0.2, 0.25) is 0 Å². The van der Waals surface area contributed by atoms with Crippen LogP contribution in [0.3, 0.4) is 0 Å². The van der Waals surface area contributed by atoms with Crippen molar-refractivity contribution in [2.75, 3.05) is 0 Å². The molecule has 7 nitrogen and oxygen atoms in total. The number of nitrogens with one attached hydrogen (secondary N) is 1. The smallest absolute Gasteiger partial charge is 0.358 e. The lowest BCUT2D eigenvalue weighted by atomic mass is 9.95. The van der Waals surface area contributed by atoms with Gasteiger partial charge in [0.15, 0.2) is 6.20 Å². The predicted molar refractivity (Wildman–Crippen MR) is 67.6 cm³/mol. The molecule has 0 unspecified atom stereocenters. The van der Waals surface area contributed by atoms with Crippen LogP contribution in [0.4, 0.5) is 5.82 Å². The Bertz CT molecular complexity index is 546. The van der Waals surface area contributed by atoms with Crippen LogP contribution in [0.5, 0.6) is 0 Å². The van der Waals surface area contributed by atoms with E-state index in [1.807, 2.05) is 0 Å². The van der Waals surface area contributed by atoms with Crippen LogP contribution in [0.25, 0.3) is 0 Å². The van der Waals surface area contributed by atoms with Gasteiger partial charge in [-0.15, -0.1) is 0 Å². The average Bonchev–Trinajstić information content (AvgIpc) is 2.26. The van der Waals surface area contributed by atoms with Crippen molar-refractivity contribution in [1.82, 2.24) is 10.3 Å². The van der Waals surface area contributed by atoms with E-state index in [1.165, 1.54) is 6.07 Å². The van der Waals surface area contributed by atoms with E-state index in [9.17, 15) is 19.7 Å². The molecule has 0 saturated carbocycles. The van der Waals surface area contributed by atoms with Gasteiger partial charge in [-0.3, -0.25) is 14.9 Å². The fourth-order valence-electron chi connectivity index (χ4n) is 1.24. The standard InChI is InChI=1S/C12H15N3O4/c1-7-5-9(15(18)19)13-6-8(7)10(16)14-11(17)12(2,3)4/h5-6H,1-4H3,(H,14,16,17). The lowest BCUT2D eigenvalue weighted by Crippen LogP contribution is -2.39. The number of pyridine rings is 1. The molecule has 0 atom stereocenters. The molecule has 1 rings (SSSR count). The maximum absolute atomic E-state index is 11.9. The third kappa shape index (κ3) is 3.57. The number of carbonyl (C=O) groups excluding carboxylic acids is 2. The number of aromatic nitrogens is 1. The van der Waals surface area contributed by atoms with E-state index >= 15 is 0 Å². The zero-order chi connectivity index (χ0) is 14.8. The van der Waals surface area contributed by atoms with Crippen molar-refractivity contribution in [2.24, 2.45) is 5.41 Å². The maximum atomic E-state index is 11.9. The van der Waals surface area contributed by atoms with E-state index in [1.54, 1.807) is 27.7 Å². The number of aryl methyl sites for hydroxylation is 1. The van der Waals surface area contributed by atoms with Gasteiger partial charge in [0, 0.05) is 11.5 Å². The van der Waals surface area contributed by atoms with Crippen LogP contribution in [0.15, 0.2) is 12.3 Å². The van der Waals surface area contributed by atoms with Gasteiger partial charge >= 0.3 is 5.82 Å². The van der Waals surface area contributed by atoms with Crippen LogP contribution < -0.4 is 5.32 Å². The normalized spacial score (nSPS) is 10.9. The van der Waals surface area contributed by atoms with Gasteiger partial charge in [-0.25, -0.2) is 0 Å². The zero-order valence-corrected chi connectivity index (χ0v) is 11.2. The highest BCUT2D eigenvalue weighted by atomic mass is 16.6. The first-order valence-electron chi connectivity index (χ1n) is 5.59. The van der Waals surface area contributed by atoms with Crippen molar-refractivity contribution in [3.8, 4) is 0 Å². The number of imide groups is 1. The van der Waals surface area contributed by atoms with Crippen molar-refractivity contribution >= 4 is 17.6 Å². The highest BCUT2D eigenvalue weighted by molar-refractivity contribution is 6.06. The van der Waals surface area contributed by atoms with Crippen molar-refractivity contribution in [2.45, 2.75) is 27.7 Å². The molecule has 0 saturated heterocycles. The molecule has 2 amide bonds. The minimum atomic E-state index is -0.697. The number of carbonyl (C=O) groups is 2. The first kappa shape index (κ1) is 14.7. The van der Waals surface area contributed by atoms with Crippen molar-refractivity contribution in [1.29, 1.82) is 0 Å². The summed E-state index contributed by atoms with van der Waals surface area (Å²) in [6.45, 7) is 6.58. The summed E-state index contributed by atoms with van der Waals surface area (Å²) in [4.78, 5) is 37.0. The second-order valence-corrected chi connectivity index (χ2v) is 5.15. The van der Waals surface area contributed by atoms with E-state index in [4.69, 9.17) is 0 Å². The van der Waals surface area contributed by atoms with Crippen LogP contribution >= 0.6 is 0 Å². The van der Waals surface area contributed by atoms with Gasteiger partial charge in [-0.2, -0.15) is 0 Å². The van der Waals surface area contributed by atoms with Gasteiger partial charge in [0.05, 0.1) is 5.56 Å². The molecule has 1 aromatic rings. The topological polar surface area (TPSA) is 102 Å². The highest BCUT2D eigenvalue weighted by Crippen LogP contribution is 2.16. The van der Waals surface area contributed by atoms with Crippen LogP contribution in [-0.4, -0.2) is 21.7 Å². The molecule has 0 aliphatic heterocycles. The van der Waals surface area contributed by atoms with E-state index in [2.05, 4.69) is 10.3 Å². The van der Waals surface area contributed by atoms with Crippen molar-refractivity contribution in [3.05, 3.63) is 33.5 Å². The fourth-order valence-corrected chi connectivity index (χ4v) is 1.24. The first-order chi connectivity index (χ1) is 8.62. The quantitative estimate of drug-likeness (QED) is 0.646. The summed E-state index contributed by atoms with van der Waals surface area (Å²) in [5.74, 6) is -1.37. The number of hydrogen-bond donors (Lipinski definition) is 1. The summed E-state index contributed by atoms with van der Waals surface area (Å²) >= 11 is 0. The van der Waals surface area contributed by atoms with Crippen LogP contribution in [0.1, 0.15) is 36.7 Å². The molecule has 0 aliphatic rings. The fraction of sp³-hybridized carbons (Fsp3) is 0.417. The van der Waals surface area contributed by atoms with Crippen molar-refractivity contribution < 1.29 is 14.5 Å². The summed E-state index contributed by atoms with van der Waals surface area (Å²) in [5, 5.41) is 12.8. The van der Waals surface area contributed by atoms with Gasteiger partial charge in [0.2, 0.25) is 5.91 Å². The molecule has 7 heteroatoms. The van der Waals surface area contributed by atoms with Gasteiger partial charge < -0.3 is 10.1 Å². The molecule has 19 heavy (non-hydrogen) atoms. The lowest BCUT2D eigenvalue weighted by molar-refractivity contribution is -0.389. The Morgan fingerprint density at radius 2 is 1.95 bits per heavy atom. The van der Waals surface area contributed by atoms with Gasteiger partial charge in [-0.05, 0) is 22.4 Å². The average molecular weight is 265 g/mol. The first-order valence-corrected chi connectivity index (χ1v) is 5.59. The lowest BCUT2D eigenvalue weighted by Gasteiger charge is -2.16. The number of nitrogens with zero attached hydrogens (tertiary/aromatic N) is 2. The maximum Gasteiger partial charge on any atom is 0.363 e. The third-order valence-electron chi connectivity index (χ3n) is 2.44. The molecule has 1 N–H and O–H groups in total. The van der Waals surface area contributed by atoms with E-state index < -0.39 is 22.2 Å². The van der Waals surface area contributed by atoms with Gasteiger partial charge in [-0.1, -0.05) is 20.8 Å². The Hall–Kier alpha value is -2.31. The molecule has 0 spiro atoms. The molecule has 0 radical (unpaired) electrons. The van der Waals surface area contributed by atoms with E-state index in [0.717, 1.165) is 6.20 Å². The number of nitro groups is 1. The zero-order valence-electron chi connectivity index (χ0n) is 11.2. The molecular weight excluding hydrogens is 250 g/mol. The summed E-state index contributed by atoms with van der Waals surface area (Å²) in [7, 11) is 0. The third-order valence-corrected chi connectivity index (χ3v) is 2.44. The Morgan fingerprint density at radius 3 is 2.37 bits per heavy atom. The Balaban J connectivity index is 2.96. The summed E-state index contributed by atoms with van der Waals surface area (Å²) in [5.41, 5.74) is -0.165. The number of hydrogen-bond acceptors (Lipinski definition) is 5. The van der Waals surface area contributed by atoms with Gasteiger partial charge in [0.1, 0.15) is 0 Å². The SMILES string of the molecule is Cc1cc([N+](=O)[O-])ncc1C(=O)NC(=O)C(C)(C)C. The molecule has 102 valence electrons. The Kier molecular flexibility index (Phi) is 3.98. The van der Waals surface area contributed by atoms with Crippen LogP contribution in [-0.2, 0) is 4.79 Å². The minimum Gasteiger partial charge on any atom is -0.358 e. The van der Waals surface area contributed by atoms with Crippen LogP contribution in [0, 0.1) is 22.5 Å². The number of amides is 2. The largest absolute Gasteiger partial charge is 0.363 e. The van der Waals surface area contributed by atoms with E-state index in [0.29, 0.717) is 5.56 Å². The second-order valence-electron chi connectivity index (χ2n) is 5.15. The van der Waals surface area contributed by atoms with Crippen molar-refractivity contribution in [3.63, 3.8) is 0 Å². The monoisotopic (exact) mass is 265 g/mol.